The Bertz CT molecular complexity index is 447. The molecule has 2 unspecified atom stereocenters. The lowest BCUT2D eigenvalue weighted by atomic mass is 10.0. The second kappa shape index (κ2) is 4.83. The van der Waals surface area contributed by atoms with Crippen molar-refractivity contribution in [2.75, 3.05) is 13.7 Å². The van der Waals surface area contributed by atoms with Crippen LogP contribution in [0.2, 0.25) is 0 Å². The van der Waals surface area contributed by atoms with Crippen molar-refractivity contribution in [3.05, 3.63) is 28.2 Å². The van der Waals surface area contributed by atoms with E-state index in [2.05, 4.69) is 33.0 Å². The molecule has 1 saturated carbocycles. The van der Waals surface area contributed by atoms with E-state index in [0.717, 1.165) is 29.2 Å². The van der Waals surface area contributed by atoms with Crippen LogP contribution in [0.4, 0.5) is 0 Å². The molecule has 3 nitrogen and oxygen atoms in total. The average Bonchev–Trinajstić information content (AvgIpc) is 3.13. The highest BCUT2D eigenvalue weighted by Gasteiger charge is 2.41. The number of nitrogens with zero attached hydrogens (tertiary/aromatic N) is 1. The highest BCUT2D eigenvalue weighted by Crippen LogP contribution is 2.41. The van der Waals surface area contributed by atoms with Crippen molar-refractivity contribution in [2.45, 2.75) is 37.4 Å². The highest BCUT2D eigenvalue weighted by molar-refractivity contribution is 9.10. The SMILES string of the molecule is COc1ccc(C2C(N)CCN2C2CC2)cc1Br. The first-order chi connectivity index (χ1) is 8.70. The predicted molar refractivity (Wildman–Crippen MR) is 75.8 cm³/mol. The summed E-state index contributed by atoms with van der Waals surface area (Å²) < 4.78 is 6.30. The van der Waals surface area contributed by atoms with Gasteiger partial charge in [-0.1, -0.05) is 6.07 Å². The third-order valence-electron chi connectivity index (χ3n) is 4.02. The fourth-order valence-corrected chi connectivity index (χ4v) is 3.52. The molecule has 2 aliphatic rings. The molecule has 0 radical (unpaired) electrons. The summed E-state index contributed by atoms with van der Waals surface area (Å²) in [7, 11) is 1.69. The summed E-state index contributed by atoms with van der Waals surface area (Å²) in [4.78, 5) is 2.58. The summed E-state index contributed by atoms with van der Waals surface area (Å²) in [6, 6.07) is 7.73. The Morgan fingerprint density at radius 2 is 2.11 bits per heavy atom. The standard InChI is InChI=1S/C14H19BrN2O/c1-18-13-5-2-9(8-11(13)15)14-12(16)6-7-17(14)10-3-4-10/h2,5,8,10,12,14H,3-4,6-7,16H2,1H3. The van der Waals surface area contributed by atoms with Crippen molar-refractivity contribution in [1.82, 2.24) is 4.90 Å². The molecule has 1 heterocycles. The van der Waals surface area contributed by atoms with Crippen LogP contribution in [-0.4, -0.2) is 30.6 Å². The van der Waals surface area contributed by atoms with E-state index in [1.165, 1.54) is 18.4 Å². The zero-order valence-corrected chi connectivity index (χ0v) is 12.2. The van der Waals surface area contributed by atoms with Gasteiger partial charge in [-0.15, -0.1) is 0 Å². The first-order valence-electron chi connectivity index (χ1n) is 6.55. The summed E-state index contributed by atoms with van der Waals surface area (Å²) in [6.07, 6.45) is 3.77. The maximum Gasteiger partial charge on any atom is 0.133 e. The van der Waals surface area contributed by atoms with E-state index in [9.17, 15) is 0 Å². The van der Waals surface area contributed by atoms with Crippen LogP contribution in [0, 0.1) is 0 Å². The highest BCUT2D eigenvalue weighted by atomic mass is 79.9. The minimum Gasteiger partial charge on any atom is -0.496 e. The Balaban J connectivity index is 1.89. The van der Waals surface area contributed by atoms with Crippen molar-refractivity contribution in [3.8, 4) is 5.75 Å². The van der Waals surface area contributed by atoms with Crippen molar-refractivity contribution in [2.24, 2.45) is 5.73 Å². The second-order valence-corrected chi connectivity index (χ2v) is 6.11. The quantitative estimate of drug-likeness (QED) is 0.933. The van der Waals surface area contributed by atoms with Gasteiger partial charge < -0.3 is 10.5 Å². The summed E-state index contributed by atoms with van der Waals surface area (Å²) in [5.74, 6) is 0.878. The van der Waals surface area contributed by atoms with Crippen molar-refractivity contribution in [3.63, 3.8) is 0 Å². The van der Waals surface area contributed by atoms with Crippen LogP contribution in [0.15, 0.2) is 22.7 Å². The lowest BCUT2D eigenvalue weighted by molar-refractivity contribution is 0.237. The number of benzene rings is 1. The minimum atomic E-state index is 0.255. The van der Waals surface area contributed by atoms with Crippen LogP contribution < -0.4 is 10.5 Å². The average molecular weight is 311 g/mol. The van der Waals surface area contributed by atoms with E-state index in [-0.39, 0.29) is 6.04 Å². The molecular formula is C14H19BrN2O. The Hall–Kier alpha value is -0.580. The van der Waals surface area contributed by atoms with Gasteiger partial charge in [0.15, 0.2) is 0 Å². The van der Waals surface area contributed by atoms with Crippen molar-refractivity contribution < 1.29 is 4.74 Å². The number of likely N-dealkylation sites (tertiary alicyclic amines) is 1. The topological polar surface area (TPSA) is 38.5 Å². The minimum absolute atomic E-state index is 0.255. The first kappa shape index (κ1) is 12.5. The molecule has 1 saturated heterocycles. The number of halogens is 1. The van der Waals surface area contributed by atoms with Gasteiger partial charge in [0, 0.05) is 18.6 Å². The predicted octanol–water partition coefficient (Wildman–Crippen LogP) is 2.69. The molecule has 2 fully saturated rings. The van der Waals surface area contributed by atoms with E-state index < -0.39 is 0 Å². The third kappa shape index (κ3) is 2.17. The van der Waals surface area contributed by atoms with Crippen molar-refractivity contribution >= 4 is 15.9 Å². The second-order valence-electron chi connectivity index (χ2n) is 5.26. The monoisotopic (exact) mass is 310 g/mol. The molecular weight excluding hydrogens is 292 g/mol. The molecule has 1 aromatic rings. The molecule has 18 heavy (non-hydrogen) atoms. The van der Waals surface area contributed by atoms with Gasteiger partial charge in [0.05, 0.1) is 17.6 Å². The molecule has 1 aromatic carbocycles. The van der Waals surface area contributed by atoms with Gasteiger partial charge >= 0.3 is 0 Å². The molecule has 1 aliphatic heterocycles. The lowest BCUT2D eigenvalue weighted by Crippen LogP contribution is -2.33. The zero-order valence-electron chi connectivity index (χ0n) is 10.6. The van der Waals surface area contributed by atoms with Crippen LogP contribution in [0.3, 0.4) is 0 Å². The number of nitrogens with two attached hydrogens (primary N) is 1. The van der Waals surface area contributed by atoms with Gasteiger partial charge in [-0.2, -0.15) is 0 Å². The van der Waals surface area contributed by atoms with Gasteiger partial charge in [-0.05, 0) is 52.9 Å². The van der Waals surface area contributed by atoms with Crippen LogP contribution >= 0.6 is 15.9 Å². The summed E-state index contributed by atoms with van der Waals surface area (Å²) in [5.41, 5.74) is 7.60. The van der Waals surface area contributed by atoms with Crippen LogP contribution in [0.25, 0.3) is 0 Å². The van der Waals surface area contributed by atoms with E-state index in [1.54, 1.807) is 7.11 Å². The fourth-order valence-electron chi connectivity index (χ4n) is 2.96. The maximum absolute atomic E-state index is 6.30. The van der Waals surface area contributed by atoms with Gasteiger partial charge in [0.2, 0.25) is 0 Å². The molecule has 2 atom stereocenters. The first-order valence-corrected chi connectivity index (χ1v) is 7.35. The molecule has 0 amide bonds. The molecule has 4 heteroatoms. The molecule has 0 aromatic heterocycles. The summed E-state index contributed by atoms with van der Waals surface area (Å²) in [6.45, 7) is 1.14. The van der Waals surface area contributed by atoms with Crippen LogP contribution in [0.1, 0.15) is 30.9 Å². The Labute approximate surface area is 116 Å². The Morgan fingerprint density at radius 1 is 1.33 bits per heavy atom. The summed E-state index contributed by atoms with van der Waals surface area (Å²) in [5, 5.41) is 0. The van der Waals surface area contributed by atoms with Crippen LogP contribution in [0.5, 0.6) is 5.75 Å². The van der Waals surface area contributed by atoms with E-state index >= 15 is 0 Å². The molecule has 98 valence electrons. The largest absolute Gasteiger partial charge is 0.496 e. The van der Waals surface area contributed by atoms with Gasteiger partial charge in [-0.25, -0.2) is 0 Å². The Kier molecular flexibility index (Phi) is 3.34. The van der Waals surface area contributed by atoms with Crippen LogP contribution in [-0.2, 0) is 0 Å². The molecule has 0 bridgehead atoms. The lowest BCUT2D eigenvalue weighted by Gasteiger charge is -2.27. The van der Waals surface area contributed by atoms with E-state index in [4.69, 9.17) is 10.5 Å². The normalized spacial score (nSPS) is 28.6. The summed E-state index contributed by atoms with van der Waals surface area (Å²) >= 11 is 3.56. The third-order valence-corrected chi connectivity index (χ3v) is 4.64. The van der Waals surface area contributed by atoms with Crippen molar-refractivity contribution in [1.29, 1.82) is 0 Å². The fraction of sp³-hybridized carbons (Fsp3) is 0.571. The number of rotatable bonds is 3. The molecule has 1 aliphatic carbocycles. The molecule has 0 spiro atoms. The molecule has 2 N–H and O–H groups in total. The van der Waals surface area contributed by atoms with E-state index in [1.807, 2.05) is 6.07 Å². The number of hydrogen-bond donors (Lipinski definition) is 1. The van der Waals surface area contributed by atoms with Gasteiger partial charge in [-0.3, -0.25) is 4.90 Å². The number of hydrogen-bond acceptors (Lipinski definition) is 3. The van der Waals surface area contributed by atoms with E-state index in [0.29, 0.717) is 6.04 Å². The smallest absolute Gasteiger partial charge is 0.133 e. The Morgan fingerprint density at radius 3 is 2.72 bits per heavy atom. The maximum atomic E-state index is 6.30. The van der Waals surface area contributed by atoms with Gasteiger partial charge in [0.25, 0.3) is 0 Å². The number of methoxy groups -OCH3 is 1. The van der Waals surface area contributed by atoms with Gasteiger partial charge in [0.1, 0.15) is 5.75 Å². The zero-order chi connectivity index (χ0) is 12.7. The molecule has 3 rings (SSSR count). The number of ether oxygens (including phenoxy) is 1.